The molecule has 0 aliphatic heterocycles. The number of thioether (sulfide) groups is 1. The van der Waals surface area contributed by atoms with E-state index in [1.54, 1.807) is 0 Å². The fraction of sp³-hybridized carbons (Fsp3) is 0.308. The van der Waals surface area contributed by atoms with Gasteiger partial charge in [-0.3, -0.25) is 4.79 Å². The molecule has 1 fully saturated rings. The zero-order chi connectivity index (χ0) is 24.0. The Hall–Kier alpha value is -2.51. The van der Waals surface area contributed by atoms with Gasteiger partial charge in [-0.25, -0.2) is 0 Å². The molecule has 0 aromatic heterocycles. The summed E-state index contributed by atoms with van der Waals surface area (Å²) in [6, 6.07) is 13.9. The maximum Gasteiger partial charge on any atom is 0.316 e. The number of benzene rings is 2. The number of esters is 1. The molecule has 3 rings (SSSR count). The van der Waals surface area contributed by atoms with Crippen LogP contribution in [0.3, 0.4) is 0 Å². The summed E-state index contributed by atoms with van der Waals surface area (Å²) in [7, 11) is 0. The highest BCUT2D eigenvalue weighted by Gasteiger charge is 2.29. The van der Waals surface area contributed by atoms with E-state index in [0.717, 1.165) is 22.4 Å². The van der Waals surface area contributed by atoms with Gasteiger partial charge in [-0.2, -0.15) is 5.10 Å². The number of ether oxygens (including phenoxy) is 1. The van der Waals surface area contributed by atoms with Crippen LogP contribution >= 0.6 is 27.7 Å². The van der Waals surface area contributed by atoms with E-state index >= 15 is 0 Å². The first-order chi connectivity index (χ1) is 15.9. The lowest BCUT2D eigenvalue weighted by molar-refractivity contribution is -0.145. The minimum absolute atomic E-state index is 0.0846. The minimum atomic E-state index is -0.334. The Balaban J connectivity index is 1.79. The average Bonchev–Trinajstić information content (AvgIpc) is 3.66. The number of carbonyl (C=O) groups excluding carboxylic acids is 1. The zero-order valence-electron chi connectivity index (χ0n) is 19.0. The van der Waals surface area contributed by atoms with Crippen LogP contribution in [0.15, 0.2) is 60.7 Å². The van der Waals surface area contributed by atoms with Crippen molar-refractivity contribution >= 4 is 56.7 Å². The monoisotopic (exact) mass is 527 g/mol. The number of hydrogen-bond donors (Lipinski definition) is 1. The fourth-order valence-electron chi connectivity index (χ4n) is 3.81. The second-order valence-corrected chi connectivity index (χ2v) is 10.1. The first-order valence-electron chi connectivity index (χ1n) is 10.9. The molecule has 1 aliphatic carbocycles. The molecule has 0 amide bonds. The summed E-state index contributed by atoms with van der Waals surface area (Å²) >= 11 is 4.91. The molecule has 0 spiro atoms. The van der Waals surface area contributed by atoms with Gasteiger partial charge >= 0.3 is 5.97 Å². The minimum Gasteiger partial charge on any atom is -0.457 e. The van der Waals surface area contributed by atoms with Crippen molar-refractivity contribution in [3.8, 4) is 0 Å². The highest BCUT2D eigenvalue weighted by molar-refractivity contribution is 9.09. The maximum atomic E-state index is 12.5. The molecule has 0 unspecified atom stereocenters. The van der Waals surface area contributed by atoms with Crippen LogP contribution in [0.1, 0.15) is 61.0 Å². The molecule has 174 valence electrons. The summed E-state index contributed by atoms with van der Waals surface area (Å²) in [6.45, 7) is 11.9. The summed E-state index contributed by atoms with van der Waals surface area (Å²) in [5.74, 6) is 6.12. The Labute approximate surface area is 208 Å². The lowest BCUT2D eigenvalue weighted by Gasteiger charge is -2.30. The highest BCUT2D eigenvalue weighted by atomic mass is 79.9. The van der Waals surface area contributed by atoms with E-state index in [0.29, 0.717) is 11.1 Å². The molecule has 0 bridgehead atoms. The van der Waals surface area contributed by atoms with Gasteiger partial charge in [0.15, 0.2) is 5.17 Å². The molecular weight excluding hydrogens is 498 g/mol. The number of alkyl halides is 1. The molecule has 2 aromatic carbocycles. The van der Waals surface area contributed by atoms with E-state index in [-0.39, 0.29) is 22.8 Å². The van der Waals surface area contributed by atoms with Crippen molar-refractivity contribution < 1.29 is 9.53 Å². The average molecular weight is 529 g/mol. The molecular formula is C26H30BrN3O2S. The Morgan fingerprint density at radius 1 is 1.21 bits per heavy atom. The van der Waals surface area contributed by atoms with Gasteiger partial charge in [0.25, 0.3) is 0 Å². The fourth-order valence-corrected chi connectivity index (χ4v) is 5.14. The van der Waals surface area contributed by atoms with E-state index in [4.69, 9.17) is 10.6 Å². The number of rotatable bonds is 9. The van der Waals surface area contributed by atoms with Crippen LogP contribution in [0.2, 0.25) is 0 Å². The summed E-state index contributed by atoms with van der Waals surface area (Å²) in [6.07, 6.45) is 5.80. The Kier molecular flexibility index (Phi) is 8.80. The third-order valence-electron chi connectivity index (χ3n) is 5.55. The van der Waals surface area contributed by atoms with Gasteiger partial charge in [0.1, 0.15) is 6.10 Å². The van der Waals surface area contributed by atoms with E-state index in [2.05, 4.69) is 46.3 Å². The normalized spacial score (nSPS) is 15.4. The van der Waals surface area contributed by atoms with Crippen LogP contribution < -0.4 is 10.7 Å². The number of anilines is 1. The molecule has 33 heavy (non-hydrogen) atoms. The standard InChI is InChI=1S/C26H30BrN3O2S/c1-5-21-22(6-2)24(15-14-23(21)20-12-13-20)30(18(4)27)26(29-28)33-16-25(31)32-17(3)19-10-8-7-9-11-19/h5-11,14-15,17-18,20H,1-2,12-13,16,28H2,3-4H3/b29-26+/t17-,18-/m1/s1. The van der Waals surface area contributed by atoms with Crippen molar-refractivity contribution in [2.24, 2.45) is 10.9 Å². The molecule has 2 aromatic rings. The van der Waals surface area contributed by atoms with E-state index in [9.17, 15) is 4.79 Å². The molecule has 0 radical (unpaired) electrons. The lowest BCUT2D eigenvalue weighted by atomic mass is 9.95. The summed E-state index contributed by atoms with van der Waals surface area (Å²) in [4.78, 5) is 14.4. The number of nitrogens with zero attached hydrogens (tertiary/aromatic N) is 2. The SMILES string of the molecule is C=Cc1c(C2CC2)ccc(N(/C(=N\N)SCC(=O)O[C@H](C)c2ccccc2)[C@H](C)Br)c1C=C. The van der Waals surface area contributed by atoms with Crippen molar-refractivity contribution in [2.45, 2.75) is 43.7 Å². The van der Waals surface area contributed by atoms with Crippen molar-refractivity contribution in [2.75, 3.05) is 10.7 Å². The second-order valence-electron chi connectivity index (χ2n) is 7.87. The van der Waals surface area contributed by atoms with Crippen molar-refractivity contribution in [3.05, 3.63) is 77.9 Å². The van der Waals surface area contributed by atoms with Gasteiger partial charge in [0.2, 0.25) is 0 Å². The first-order valence-corrected chi connectivity index (χ1v) is 12.8. The largest absolute Gasteiger partial charge is 0.457 e. The maximum absolute atomic E-state index is 12.5. The van der Waals surface area contributed by atoms with Gasteiger partial charge in [-0.05, 0) is 55.4 Å². The number of hydrogen-bond acceptors (Lipinski definition) is 5. The topological polar surface area (TPSA) is 67.9 Å². The zero-order valence-corrected chi connectivity index (χ0v) is 21.4. The third kappa shape index (κ3) is 6.09. The van der Waals surface area contributed by atoms with E-state index in [1.807, 2.05) is 61.2 Å². The molecule has 2 N–H and O–H groups in total. The molecule has 5 nitrogen and oxygen atoms in total. The molecule has 2 atom stereocenters. The summed E-state index contributed by atoms with van der Waals surface area (Å²) in [5.41, 5.74) is 5.20. The van der Waals surface area contributed by atoms with Crippen molar-refractivity contribution in [1.29, 1.82) is 0 Å². The van der Waals surface area contributed by atoms with Crippen LogP contribution in [-0.4, -0.2) is 21.8 Å². The quantitative estimate of drug-likeness (QED) is 0.0750. The molecule has 1 saturated carbocycles. The number of halogens is 1. The Bertz CT molecular complexity index is 1040. The lowest BCUT2D eigenvalue weighted by Crippen LogP contribution is -2.35. The number of hydrazone groups is 1. The third-order valence-corrected chi connectivity index (χ3v) is 6.90. The van der Waals surface area contributed by atoms with E-state index < -0.39 is 0 Å². The predicted molar refractivity (Wildman–Crippen MR) is 144 cm³/mol. The predicted octanol–water partition coefficient (Wildman–Crippen LogP) is 6.66. The Morgan fingerprint density at radius 2 is 1.88 bits per heavy atom. The first kappa shape index (κ1) is 25.1. The summed E-state index contributed by atoms with van der Waals surface area (Å²) < 4.78 is 5.59. The molecule has 1 aliphatic rings. The van der Waals surface area contributed by atoms with Gasteiger partial charge in [-0.15, -0.1) is 0 Å². The number of carbonyl (C=O) groups is 1. The summed E-state index contributed by atoms with van der Waals surface area (Å²) in [5, 5.41) is 4.50. The van der Waals surface area contributed by atoms with Gasteiger partial charge < -0.3 is 15.5 Å². The number of nitrogens with two attached hydrogens (primary N) is 1. The van der Waals surface area contributed by atoms with Crippen LogP contribution in [0.25, 0.3) is 12.2 Å². The van der Waals surface area contributed by atoms with Crippen molar-refractivity contribution in [1.82, 2.24) is 0 Å². The molecule has 0 saturated heterocycles. The molecule has 0 heterocycles. The smallest absolute Gasteiger partial charge is 0.316 e. The molecule has 7 heteroatoms. The van der Waals surface area contributed by atoms with Crippen LogP contribution in [0.5, 0.6) is 0 Å². The van der Waals surface area contributed by atoms with Crippen LogP contribution in [0, 0.1) is 0 Å². The van der Waals surface area contributed by atoms with Gasteiger partial charge in [-0.1, -0.05) is 89.4 Å². The van der Waals surface area contributed by atoms with Crippen molar-refractivity contribution in [3.63, 3.8) is 0 Å². The Morgan fingerprint density at radius 3 is 2.42 bits per heavy atom. The second kappa shape index (κ2) is 11.6. The van der Waals surface area contributed by atoms with E-state index in [1.165, 1.54) is 30.2 Å². The highest BCUT2D eigenvalue weighted by Crippen LogP contribution is 2.45. The van der Waals surface area contributed by atoms with Gasteiger partial charge in [0.05, 0.1) is 16.4 Å². The van der Waals surface area contributed by atoms with Crippen LogP contribution in [0.4, 0.5) is 5.69 Å². The van der Waals surface area contributed by atoms with Crippen LogP contribution in [-0.2, 0) is 9.53 Å². The number of amidine groups is 1. The van der Waals surface area contributed by atoms with Gasteiger partial charge in [0, 0.05) is 5.56 Å².